The van der Waals surface area contributed by atoms with Crippen LogP contribution in [-0.4, -0.2) is 25.2 Å². The molecular weight excluding hydrogens is 211 g/mol. The number of carboxylic acids is 1. The van der Waals surface area contributed by atoms with E-state index in [0.717, 1.165) is 4.90 Å². The fraction of sp³-hybridized carbons (Fsp3) is 0.222. The Kier molecular flexibility index (Phi) is 2.88. The van der Waals surface area contributed by atoms with E-state index in [1.807, 2.05) is 0 Å². The van der Waals surface area contributed by atoms with Gasteiger partial charge in [-0.05, 0) is 6.07 Å². The molecule has 0 heterocycles. The van der Waals surface area contributed by atoms with Crippen LogP contribution in [0.4, 0.5) is 18.9 Å². The Morgan fingerprint density at radius 3 is 2.20 bits per heavy atom. The molecule has 0 unspecified atom stereocenters. The van der Waals surface area contributed by atoms with Gasteiger partial charge in [0.2, 0.25) is 0 Å². The Morgan fingerprint density at radius 1 is 1.27 bits per heavy atom. The van der Waals surface area contributed by atoms with Gasteiger partial charge in [-0.2, -0.15) is 0 Å². The van der Waals surface area contributed by atoms with Gasteiger partial charge < -0.3 is 10.0 Å². The van der Waals surface area contributed by atoms with Crippen molar-refractivity contribution in [1.29, 1.82) is 0 Å². The number of rotatable bonds is 2. The molecule has 3 nitrogen and oxygen atoms in total. The standard InChI is InChI=1S/C9H8F3NO2/c1-13(2)8-6(11)4(9(14)15)3-5(10)7(8)12/h3H,1-2H3,(H,14,15). The summed E-state index contributed by atoms with van der Waals surface area (Å²) < 4.78 is 39.4. The average Bonchev–Trinajstić information content (AvgIpc) is 2.10. The third-order valence-corrected chi connectivity index (χ3v) is 1.81. The second-order valence-electron chi connectivity index (χ2n) is 3.08. The van der Waals surface area contributed by atoms with Crippen molar-refractivity contribution in [3.05, 3.63) is 29.1 Å². The topological polar surface area (TPSA) is 40.5 Å². The molecule has 0 radical (unpaired) electrons. The summed E-state index contributed by atoms with van der Waals surface area (Å²) in [5.74, 6) is -5.72. The van der Waals surface area contributed by atoms with Gasteiger partial charge in [-0.3, -0.25) is 0 Å². The van der Waals surface area contributed by atoms with Crippen molar-refractivity contribution in [3.8, 4) is 0 Å². The zero-order chi connectivity index (χ0) is 11.7. The molecule has 6 heteroatoms. The summed E-state index contributed by atoms with van der Waals surface area (Å²) in [7, 11) is 2.57. The van der Waals surface area contributed by atoms with E-state index in [4.69, 9.17) is 5.11 Å². The number of anilines is 1. The molecule has 0 bridgehead atoms. The molecule has 1 rings (SSSR count). The SMILES string of the molecule is CN(C)c1c(F)c(F)cc(C(=O)O)c1F. The molecular formula is C9H8F3NO2. The fourth-order valence-electron chi connectivity index (χ4n) is 1.14. The van der Waals surface area contributed by atoms with E-state index in [1.165, 1.54) is 14.1 Å². The van der Waals surface area contributed by atoms with Gasteiger partial charge in [0.1, 0.15) is 11.3 Å². The minimum Gasteiger partial charge on any atom is -0.478 e. The first kappa shape index (κ1) is 11.4. The lowest BCUT2D eigenvalue weighted by atomic mass is 10.1. The van der Waals surface area contributed by atoms with E-state index in [0.29, 0.717) is 6.07 Å². The van der Waals surface area contributed by atoms with Crippen molar-refractivity contribution in [2.75, 3.05) is 19.0 Å². The molecule has 0 fully saturated rings. The van der Waals surface area contributed by atoms with Crippen molar-refractivity contribution in [1.82, 2.24) is 0 Å². The Morgan fingerprint density at radius 2 is 1.80 bits per heavy atom. The van der Waals surface area contributed by atoms with Crippen molar-refractivity contribution in [3.63, 3.8) is 0 Å². The molecule has 0 atom stereocenters. The van der Waals surface area contributed by atoms with Gasteiger partial charge >= 0.3 is 5.97 Å². The summed E-state index contributed by atoms with van der Waals surface area (Å²) in [5, 5.41) is 8.54. The van der Waals surface area contributed by atoms with E-state index < -0.39 is 34.7 Å². The minimum absolute atomic E-state index is 0.319. The maximum atomic E-state index is 13.4. The molecule has 15 heavy (non-hydrogen) atoms. The van der Waals surface area contributed by atoms with Gasteiger partial charge in [0, 0.05) is 14.1 Å². The van der Waals surface area contributed by atoms with Crippen LogP contribution < -0.4 is 4.90 Å². The van der Waals surface area contributed by atoms with Crippen LogP contribution in [0.15, 0.2) is 6.07 Å². The molecule has 0 aliphatic heterocycles. The van der Waals surface area contributed by atoms with E-state index in [9.17, 15) is 18.0 Å². The molecule has 1 N–H and O–H groups in total. The molecule has 82 valence electrons. The maximum Gasteiger partial charge on any atom is 0.338 e. The number of benzene rings is 1. The monoisotopic (exact) mass is 219 g/mol. The molecule has 0 amide bonds. The second-order valence-corrected chi connectivity index (χ2v) is 3.08. The Balaban J connectivity index is 3.56. The van der Waals surface area contributed by atoms with Crippen LogP contribution in [0, 0.1) is 17.5 Å². The number of carboxylic acid groups (broad SMARTS) is 1. The average molecular weight is 219 g/mol. The predicted molar refractivity (Wildman–Crippen MR) is 47.6 cm³/mol. The maximum absolute atomic E-state index is 13.4. The molecule has 0 aromatic heterocycles. The van der Waals surface area contributed by atoms with Crippen molar-refractivity contribution < 1.29 is 23.1 Å². The van der Waals surface area contributed by atoms with Crippen LogP contribution in [0.2, 0.25) is 0 Å². The molecule has 1 aromatic carbocycles. The molecule has 0 saturated heterocycles. The molecule has 1 aromatic rings. The highest BCUT2D eigenvalue weighted by molar-refractivity contribution is 5.89. The molecule has 0 aliphatic rings. The van der Waals surface area contributed by atoms with Gasteiger partial charge in [0.05, 0.1) is 0 Å². The lowest BCUT2D eigenvalue weighted by Crippen LogP contribution is -2.16. The van der Waals surface area contributed by atoms with E-state index in [-0.39, 0.29) is 0 Å². The van der Waals surface area contributed by atoms with Crippen LogP contribution in [0.3, 0.4) is 0 Å². The van der Waals surface area contributed by atoms with E-state index in [2.05, 4.69) is 0 Å². The lowest BCUT2D eigenvalue weighted by molar-refractivity contribution is 0.0691. The molecule has 0 aliphatic carbocycles. The molecule has 0 spiro atoms. The van der Waals surface area contributed by atoms with Crippen LogP contribution in [-0.2, 0) is 0 Å². The largest absolute Gasteiger partial charge is 0.478 e. The Bertz CT molecular complexity index is 418. The normalized spacial score (nSPS) is 10.2. The Hall–Kier alpha value is -1.72. The van der Waals surface area contributed by atoms with Crippen LogP contribution >= 0.6 is 0 Å². The number of aromatic carboxylic acids is 1. The van der Waals surface area contributed by atoms with Crippen LogP contribution in [0.25, 0.3) is 0 Å². The third-order valence-electron chi connectivity index (χ3n) is 1.81. The van der Waals surface area contributed by atoms with Gasteiger partial charge in [-0.1, -0.05) is 0 Å². The number of nitrogens with zero attached hydrogens (tertiary/aromatic N) is 1. The van der Waals surface area contributed by atoms with Gasteiger partial charge in [0.25, 0.3) is 0 Å². The summed E-state index contributed by atoms with van der Waals surface area (Å²) in [4.78, 5) is 11.5. The highest BCUT2D eigenvalue weighted by atomic mass is 19.2. The number of carbonyl (C=O) groups is 1. The summed E-state index contributed by atoms with van der Waals surface area (Å²) >= 11 is 0. The second kappa shape index (κ2) is 3.80. The first-order valence-electron chi connectivity index (χ1n) is 3.94. The summed E-state index contributed by atoms with van der Waals surface area (Å²) in [6, 6.07) is 0.319. The third kappa shape index (κ3) is 1.88. The summed E-state index contributed by atoms with van der Waals surface area (Å²) in [5.41, 5.74) is -1.59. The minimum atomic E-state index is -1.64. The lowest BCUT2D eigenvalue weighted by Gasteiger charge is -2.15. The fourth-order valence-corrected chi connectivity index (χ4v) is 1.14. The zero-order valence-electron chi connectivity index (χ0n) is 8.01. The van der Waals surface area contributed by atoms with E-state index >= 15 is 0 Å². The van der Waals surface area contributed by atoms with E-state index in [1.54, 1.807) is 0 Å². The molecule has 0 saturated carbocycles. The first-order valence-corrected chi connectivity index (χ1v) is 3.94. The zero-order valence-corrected chi connectivity index (χ0v) is 8.01. The number of halogens is 3. The predicted octanol–water partition coefficient (Wildman–Crippen LogP) is 1.87. The number of hydrogen-bond acceptors (Lipinski definition) is 2. The Labute approximate surface area is 83.7 Å². The quantitative estimate of drug-likeness (QED) is 0.772. The smallest absolute Gasteiger partial charge is 0.338 e. The number of hydrogen-bond donors (Lipinski definition) is 1. The van der Waals surface area contributed by atoms with Crippen LogP contribution in [0.1, 0.15) is 10.4 Å². The summed E-state index contributed by atoms with van der Waals surface area (Å²) in [6.07, 6.45) is 0. The van der Waals surface area contributed by atoms with Gasteiger partial charge in [0.15, 0.2) is 17.5 Å². The van der Waals surface area contributed by atoms with Crippen molar-refractivity contribution >= 4 is 11.7 Å². The summed E-state index contributed by atoms with van der Waals surface area (Å²) in [6.45, 7) is 0. The first-order chi connectivity index (χ1) is 6.86. The van der Waals surface area contributed by atoms with Crippen molar-refractivity contribution in [2.45, 2.75) is 0 Å². The van der Waals surface area contributed by atoms with Crippen LogP contribution in [0.5, 0.6) is 0 Å². The van der Waals surface area contributed by atoms with Gasteiger partial charge in [-0.25, -0.2) is 18.0 Å². The van der Waals surface area contributed by atoms with Crippen molar-refractivity contribution in [2.24, 2.45) is 0 Å². The van der Waals surface area contributed by atoms with Gasteiger partial charge in [-0.15, -0.1) is 0 Å². The highest BCUT2D eigenvalue weighted by Crippen LogP contribution is 2.26. The highest BCUT2D eigenvalue weighted by Gasteiger charge is 2.23.